The summed E-state index contributed by atoms with van der Waals surface area (Å²) in [4.78, 5) is 2.01. The quantitative estimate of drug-likeness (QED) is 0.852. The molecule has 0 aliphatic rings. The van der Waals surface area contributed by atoms with Crippen LogP contribution in [-0.4, -0.2) is 28.9 Å². The lowest BCUT2D eigenvalue weighted by atomic mass is 10.1. The zero-order chi connectivity index (χ0) is 13.1. The van der Waals surface area contributed by atoms with Gasteiger partial charge in [0.2, 0.25) is 0 Å². The van der Waals surface area contributed by atoms with Crippen molar-refractivity contribution in [2.75, 3.05) is 18.0 Å². The Hall–Kier alpha value is -0.770. The maximum absolute atomic E-state index is 9.88. The van der Waals surface area contributed by atoms with Crippen molar-refractivity contribution in [3.63, 3.8) is 0 Å². The van der Waals surface area contributed by atoms with Gasteiger partial charge in [0, 0.05) is 29.4 Å². The van der Waals surface area contributed by atoms with E-state index in [0.717, 1.165) is 12.2 Å². The number of hydrogen-bond donors (Lipinski definition) is 2. The molecule has 3 nitrogen and oxygen atoms in total. The summed E-state index contributed by atoms with van der Waals surface area (Å²) >= 11 is 6.05. The molecule has 0 saturated heterocycles. The minimum Gasteiger partial charge on any atom is -0.392 e. The third-order valence-corrected chi connectivity index (χ3v) is 2.91. The van der Waals surface area contributed by atoms with Crippen molar-refractivity contribution >= 4 is 17.3 Å². The summed E-state index contributed by atoms with van der Waals surface area (Å²) in [5, 5.41) is 19.8. The van der Waals surface area contributed by atoms with Gasteiger partial charge in [-0.15, -0.1) is 0 Å². The first-order valence-electron chi connectivity index (χ1n) is 5.74. The second-order valence-corrected chi connectivity index (χ2v) is 5.13. The molecule has 0 saturated carbocycles. The van der Waals surface area contributed by atoms with Gasteiger partial charge in [0.1, 0.15) is 0 Å². The van der Waals surface area contributed by atoms with Crippen molar-refractivity contribution < 1.29 is 10.2 Å². The van der Waals surface area contributed by atoms with Crippen LogP contribution in [0.3, 0.4) is 0 Å². The van der Waals surface area contributed by atoms with E-state index < -0.39 is 5.60 Å². The second kappa shape index (κ2) is 5.71. The Morgan fingerprint density at radius 2 is 2.00 bits per heavy atom. The van der Waals surface area contributed by atoms with Gasteiger partial charge >= 0.3 is 0 Å². The number of aliphatic hydroxyl groups excluding tert-OH is 1. The highest BCUT2D eigenvalue weighted by molar-refractivity contribution is 6.31. The van der Waals surface area contributed by atoms with E-state index in [2.05, 4.69) is 0 Å². The van der Waals surface area contributed by atoms with E-state index >= 15 is 0 Å². The second-order valence-electron chi connectivity index (χ2n) is 4.72. The summed E-state index contributed by atoms with van der Waals surface area (Å²) < 4.78 is 0. The van der Waals surface area contributed by atoms with E-state index in [0.29, 0.717) is 17.1 Å². The topological polar surface area (TPSA) is 43.7 Å². The van der Waals surface area contributed by atoms with Gasteiger partial charge in [-0.2, -0.15) is 0 Å². The first-order valence-corrected chi connectivity index (χ1v) is 6.12. The van der Waals surface area contributed by atoms with Crippen molar-refractivity contribution in [3.8, 4) is 0 Å². The first-order chi connectivity index (χ1) is 7.89. The van der Waals surface area contributed by atoms with Crippen LogP contribution in [0.2, 0.25) is 5.02 Å². The third-order valence-electron chi connectivity index (χ3n) is 2.55. The van der Waals surface area contributed by atoms with Crippen molar-refractivity contribution in [2.45, 2.75) is 33.0 Å². The molecule has 1 aromatic rings. The number of halogens is 1. The summed E-state index contributed by atoms with van der Waals surface area (Å²) in [7, 11) is 0. The van der Waals surface area contributed by atoms with E-state index in [-0.39, 0.29) is 6.61 Å². The number of likely N-dealkylation sites (N-methyl/N-ethyl adjacent to an activating group) is 1. The molecule has 0 heterocycles. The lowest BCUT2D eigenvalue weighted by molar-refractivity contribution is 0.0875. The van der Waals surface area contributed by atoms with Crippen molar-refractivity contribution in [1.29, 1.82) is 0 Å². The Bertz CT molecular complexity index is 374. The molecule has 4 heteroatoms. The Morgan fingerprint density at radius 1 is 1.35 bits per heavy atom. The van der Waals surface area contributed by atoms with Gasteiger partial charge in [0.05, 0.1) is 12.2 Å². The predicted molar refractivity (Wildman–Crippen MR) is 71.6 cm³/mol. The number of rotatable bonds is 5. The fourth-order valence-corrected chi connectivity index (χ4v) is 2.06. The van der Waals surface area contributed by atoms with Gasteiger partial charge in [-0.05, 0) is 32.9 Å². The van der Waals surface area contributed by atoms with E-state index in [1.165, 1.54) is 0 Å². The molecular formula is C13H20ClNO2. The number of hydrogen-bond acceptors (Lipinski definition) is 3. The molecule has 96 valence electrons. The Balaban J connectivity index is 3.07. The lowest BCUT2D eigenvalue weighted by Gasteiger charge is -2.31. The normalized spacial score (nSPS) is 11.6. The largest absolute Gasteiger partial charge is 0.392 e. The van der Waals surface area contributed by atoms with Crippen LogP contribution in [0.15, 0.2) is 18.2 Å². The number of anilines is 1. The zero-order valence-corrected chi connectivity index (χ0v) is 11.3. The summed E-state index contributed by atoms with van der Waals surface area (Å²) in [5.41, 5.74) is 0.801. The molecule has 0 aromatic heterocycles. The molecule has 2 N–H and O–H groups in total. The Labute approximate surface area is 108 Å². The van der Waals surface area contributed by atoms with Crippen LogP contribution >= 0.6 is 11.6 Å². The molecule has 1 aromatic carbocycles. The fraction of sp³-hybridized carbons (Fsp3) is 0.538. The van der Waals surface area contributed by atoms with Crippen LogP contribution in [0.5, 0.6) is 0 Å². The van der Waals surface area contributed by atoms with E-state index in [4.69, 9.17) is 11.6 Å². The minimum absolute atomic E-state index is 0.0998. The Kier molecular flexibility index (Phi) is 4.80. The summed E-state index contributed by atoms with van der Waals surface area (Å²) in [6.07, 6.45) is 0. The third kappa shape index (κ3) is 3.87. The molecule has 0 amide bonds. The average Bonchev–Trinajstić information content (AvgIpc) is 2.24. The Morgan fingerprint density at radius 3 is 2.47 bits per heavy atom. The van der Waals surface area contributed by atoms with Gasteiger partial charge < -0.3 is 15.1 Å². The number of nitrogens with zero attached hydrogens (tertiary/aromatic N) is 1. The van der Waals surface area contributed by atoms with Crippen LogP contribution in [0.4, 0.5) is 5.69 Å². The standard InChI is InChI=1S/C13H20ClNO2/c1-4-15(9-13(2,3)17)12-7-5-6-11(14)10(12)8-16/h5-7,16-17H,4,8-9H2,1-3H3. The monoisotopic (exact) mass is 257 g/mol. The maximum Gasteiger partial charge on any atom is 0.0765 e. The molecule has 0 fully saturated rings. The molecule has 1 rings (SSSR count). The van der Waals surface area contributed by atoms with Gasteiger partial charge in [-0.1, -0.05) is 17.7 Å². The highest BCUT2D eigenvalue weighted by Gasteiger charge is 2.20. The first kappa shape index (κ1) is 14.3. The molecule has 0 aliphatic heterocycles. The van der Waals surface area contributed by atoms with Crippen LogP contribution in [0.25, 0.3) is 0 Å². The van der Waals surface area contributed by atoms with Crippen molar-refractivity contribution in [3.05, 3.63) is 28.8 Å². The van der Waals surface area contributed by atoms with E-state index in [1.54, 1.807) is 19.9 Å². The molecule has 0 radical (unpaired) electrons. The average molecular weight is 258 g/mol. The molecule has 0 aliphatic carbocycles. The molecule has 0 bridgehead atoms. The molecule has 0 atom stereocenters. The maximum atomic E-state index is 9.88. The highest BCUT2D eigenvalue weighted by atomic mass is 35.5. The summed E-state index contributed by atoms with van der Waals surface area (Å²) in [6.45, 7) is 6.68. The van der Waals surface area contributed by atoms with Crippen LogP contribution in [0.1, 0.15) is 26.3 Å². The van der Waals surface area contributed by atoms with Crippen LogP contribution < -0.4 is 4.90 Å². The zero-order valence-electron chi connectivity index (χ0n) is 10.6. The van der Waals surface area contributed by atoms with Crippen molar-refractivity contribution in [2.24, 2.45) is 0 Å². The lowest BCUT2D eigenvalue weighted by Crippen LogP contribution is -2.39. The van der Waals surface area contributed by atoms with Crippen molar-refractivity contribution in [1.82, 2.24) is 0 Å². The number of aliphatic hydroxyl groups is 2. The molecule has 0 spiro atoms. The summed E-state index contributed by atoms with van der Waals surface area (Å²) in [5.74, 6) is 0. The minimum atomic E-state index is -0.787. The van der Waals surface area contributed by atoms with Gasteiger partial charge in [0.15, 0.2) is 0 Å². The summed E-state index contributed by atoms with van der Waals surface area (Å²) in [6, 6.07) is 5.52. The highest BCUT2D eigenvalue weighted by Crippen LogP contribution is 2.28. The van der Waals surface area contributed by atoms with Gasteiger partial charge in [-0.3, -0.25) is 0 Å². The van der Waals surface area contributed by atoms with Gasteiger partial charge in [0.25, 0.3) is 0 Å². The molecule has 0 unspecified atom stereocenters. The van der Waals surface area contributed by atoms with Crippen LogP contribution in [0, 0.1) is 0 Å². The van der Waals surface area contributed by atoms with E-state index in [9.17, 15) is 10.2 Å². The fourth-order valence-electron chi connectivity index (χ4n) is 1.83. The van der Waals surface area contributed by atoms with Gasteiger partial charge in [-0.25, -0.2) is 0 Å². The predicted octanol–water partition coefficient (Wildman–Crippen LogP) is 2.43. The molecule has 17 heavy (non-hydrogen) atoms. The van der Waals surface area contributed by atoms with Crippen LogP contribution in [-0.2, 0) is 6.61 Å². The SMILES string of the molecule is CCN(CC(C)(C)O)c1cccc(Cl)c1CO. The molecular weight excluding hydrogens is 238 g/mol. The van der Waals surface area contributed by atoms with E-state index in [1.807, 2.05) is 24.0 Å². The number of benzene rings is 1. The smallest absolute Gasteiger partial charge is 0.0765 e.